The summed E-state index contributed by atoms with van der Waals surface area (Å²) in [6, 6.07) is 7.51. The van der Waals surface area contributed by atoms with Gasteiger partial charge in [-0.15, -0.1) is 0 Å². The highest BCUT2D eigenvalue weighted by Gasteiger charge is 2.20. The van der Waals surface area contributed by atoms with Gasteiger partial charge in [-0.05, 0) is 37.8 Å². The van der Waals surface area contributed by atoms with Gasteiger partial charge in [0.1, 0.15) is 0 Å². The fraction of sp³-hybridized carbons (Fsp3) is 0.600. The van der Waals surface area contributed by atoms with E-state index in [1.165, 1.54) is 42.4 Å². The summed E-state index contributed by atoms with van der Waals surface area (Å²) in [5.74, 6) is 0. The van der Waals surface area contributed by atoms with Crippen molar-refractivity contribution >= 4 is 0 Å². The van der Waals surface area contributed by atoms with Gasteiger partial charge in [0.25, 0.3) is 0 Å². The van der Waals surface area contributed by atoms with Crippen LogP contribution >= 0.6 is 0 Å². The zero-order valence-corrected chi connectivity index (χ0v) is 11.0. The SMILES string of the molecule is Cc1ccc(CNC2CCCCC2N)c(C)c1. The highest BCUT2D eigenvalue weighted by Crippen LogP contribution is 2.18. The Bertz CT molecular complexity index is 373. The number of aryl methyl sites for hydroxylation is 2. The van der Waals surface area contributed by atoms with Crippen molar-refractivity contribution in [2.45, 2.75) is 58.2 Å². The number of nitrogens with one attached hydrogen (secondary N) is 1. The zero-order chi connectivity index (χ0) is 12.3. The van der Waals surface area contributed by atoms with E-state index < -0.39 is 0 Å². The molecule has 0 saturated heterocycles. The van der Waals surface area contributed by atoms with Crippen molar-refractivity contribution in [2.24, 2.45) is 5.73 Å². The lowest BCUT2D eigenvalue weighted by Gasteiger charge is -2.29. The van der Waals surface area contributed by atoms with Gasteiger partial charge in [-0.2, -0.15) is 0 Å². The number of nitrogens with two attached hydrogens (primary N) is 1. The summed E-state index contributed by atoms with van der Waals surface area (Å²) < 4.78 is 0. The van der Waals surface area contributed by atoms with E-state index in [1.54, 1.807) is 0 Å². The van der Waals surface area contributed by atoms with Crippen molar-refractivity contribution in [2.75, 3.05) is 0 Å². The monoisotopic (exact) mass is 232 g/mol. The molecule has 2 heteroatoms. The van der Waals surface area contributed by atoms with Crippen LogP contribution < -0.4 is 11.1 Å². The number of rotatable bonds is 3. The number of hydrogen-bond donors (Lipinski definition) is 2. The summed E-state index contributed by atoms with van der Waals surface area (Å²) >= 11 is 0. The molecule has 0 aromatic heterocycles. The average Bonchev–Trinajstić information content (AvgIpc) is 2.30. The summed E-state index contributed by atoms with van der Waals surface area (Å²) in [6.07, 6.45) is 5.01. The topological polar surface area (TPSA) is 38.0 Å². The Balaban J connectivity index is 1.92. The molecule has 3 N–H and O–H groups in total. The second-order valence-corrected chi connectivity index (χ2v) is 5.37. The first-order valence-electron chi connectivity index (χ1n) is 6.72. The normalized spacial score (nSPS) is 24.9. The van der Waals surface area contributed by atoms with Crippen molar-refractivity contribution in [1.82, 2.24) is 5.32 Å². The number of benzene rings is 1. The molecule has 1 aromatic carbocycles. The summed E-state index contributed by atoms with van der Waals surface area (Å²) in [4.78, 5) is 0. The maximum Gasteiger partial charge on any atom is 0.0222 e. The molecule has 0 amide bonds. The summed E-state index contributed by atoms with van der Waals surface area (Å²) in [5.41, 5.74) is 10.3. The van der Waals surface area contributed by atoms with E-state index in [0.29, 0.717) is 12.1 Å². The highest BCUT2D eigenvalue weighted by molar-refractivity contribution is 5.30. The molecule has 2 atom stereocenters. The smallest absolute Gasteiger partial charge is 0.0222 e. The van der Waals surface area contributed by atoms with E-state index in [-0.39, 0.29) is 0 Å². The molecule has 1 aliphatic carbocycles. The predicted molar refractivity (Wildman–Crippen MR) is 73.0 cm³/mol. The minimum absolute atomic E-state index is 0.342. The van der Waals surface area contributed by atoms with Crippen molar-refractivity contribution in [3.63, 3.8) is 0 Å². The molecule has 17 heavy (non-hydrogen) atoms. The lowest BCUT2D eigenvalue weighted by Crippen LogP contribution is -2.46. The largest absolute Gasteiger partial charge is 0.326 e. The molecule has 0 heterocycles. The third-order valence-electron chi connectivity index (χ3n) is 3.87. The third-order valence-corrected chi connectivity index (χ3v) is 3.87. The summed E-state index contributed by atoms with van der Waals surface area (Å²) in [5, 5.41) is 3.62. The van der Waals surface area contributed by atoms with E-state index in [4.69, 9.17) is 5.73 Å². The van der Waals surface area contributed by atoms with Crippen LogP contribution in [0.4, 0.5) is 0 Å². The zero-order valence-electron chi connectivity index (χ0n) is 11.0. The van der Waals surface area contributed by atoms with Crippen LogP contribution in [0.2, 0.25) is 0 Å². The quantitative estimate of drug-likeness (QED) is 0.841. The van der Waals surface area contributed by atoms with Gasteiger partial charge in [-0.3, -0.25) is 0 Å². The van der Waals surface area contributed by atoms with Gasteiger partial charge in [0.2, 0.25) is 0 Å². The minimum atomic E-state index is 0.342. The van der Waals surface area contributed by atoms with E-state index in [2.05, 4.69) is 37.4 Å². The van der Waals surface area contributed by atoms with Crippen molar-refractivity contribution < 1.29 is 0 Å². The average molecular weight is 232 g/mol. The maximum absolute atomic E-state index is 6.14. The first kappa shape index (κ1) is 12.6. The third kappa shape index (κ3) is 3.30. The van der Waals surface area contributed by atoms with Gasteiger partial charge in [0.15, 0.2) is 0 Å². The Morgan fingerprint density at radius 1 is 1.24 bits per heavy atom. The van der Waals surface area contributed by atoms with Crippen molar-refractivity contribution in [3.05, 3.63) is 34.9 Å². The maximum atomic E-state index is 6.14. The fourth-order valence-electron chi connectivity index (χ4n) is 2.70. The van der Waals surface area contributed by atoms with Crippen LogP contribution in [0.3, 0.4) is 0 Å². The van der Waals surface area contributed by atoms with Crippen LogP contribution in [0.1, 0.15) is 42.4 Å². The Hall–Kier alpha value is -0.860. The van der Waals surface area contributed by atoms with E-state index in [0.717, 1.165) is 6.54 Å². The first-order chi connectivity index (χ1) is 8.16. The lowest BCUT2D eigenvalue weighted by atomic mass is 9.91. The molecule has 2 nitrogen and oxygen atoms in total. The van der Waals surface area contributed by atoms with Gasteiger partial charge >= 0.3 is 0 Å². The molecule has 2 unspecified atom stereocenters. The Labute approximate surface area is 105 Å². The molecule has 1 aromatic rings. The molecular formula is C15H24N2. The molecule has 2 rings (SSSR count). The Morgan fingerprint density at radius 2 is 2.00 bits per heavy atom. The fourth-order valence-corrected chi connectivity index (χ4v) is 2.70. The highest BCUT2D eigenvalue weighted by atomic mass is 15.0. The molecule has 1 saturated carbocycles. The Morgan fingerprint density at radius 3 is 2.71 bits per heavy atom. The molecule has 94 valence electrons. The van der Waals surface area contributed by atoms with Crippen LogP contribution in [0, 0.1) is 13.8 Å². The molecule has 1 fully saturated rings. The van der Waals surface area contributed by atoms with Crippen molar-refractivity contribution in [3.8, 4) is 0 Å². The molecule has 0 bridgehead atoms. The van der Waals surface area contributed by atoms with Crippen LogP contribution in [0.15, 0.2) is 18.2 Å². The lowest BCUT2D eigenvalue weighted by molar-refractivity contribution is 0.326. The standard InChI is InChI=1S/C15H24N2/c1-11-7-8-13(12(2)9-11)10-17-15-6-4-3-5-14(15)16/h7-9,14-15,17H,3-6,10,16H2,1-2H3. The first-order valence-corrected chi connectivity index (χ1v) is 6.72. The van der Waals surface area contributed by atoms with Gasteiger partial charge in [-0.1, -0.05) is 36.6 Å². The van der Waals surface area contributed by atoms with E-state index in [9.17, 15) is 0 Å². The number of hydrogen-bond acceptors (Lipinski definition) is 2. The van der Waals surface area contributed by atoms with E-state index >= 15 is 0 Å². The molecular weight excluding hydrogens is 208 g/mol. The summed E-state index contributed by atoms with van der Waals surface area (Å²) in [7, 11) is 0. The predicted octanol–water partition coefficient (Wildman–Crippen LogP) is 2.66. The van der Waals surface area contributed by atoms with Gasteiger partial charge in [-0.25, -0.2) is 0 Å². The van der Waals surface area contributed by atoms with Crippen LogP contribution in [-0.4, -0.2) is 12.1 Å². The van der Waals surface area contributed by atoms with Crippen molar-refractivity contribution in [1.29, 1.82) is 0 Å². The molecule has 0 radical (unpaired) electrons. The van der Waals surface area contributed by atoms with Crippen LogP contribution in [-0.2, 0) is 6.54 Å². The second kappa shape index (κ2) is 5.65. The van der Waals surface area contributed by atoms with Crippen LogP contribution in [0.25, 0.3) is 0 Å². The molecule has 0 spiro atoms. The van der Waals surface area contributed by atoms with Gasteiger partial charge in [0, 0.05) is 18.6 Å². The van der Waals surface area contributed by atoms with Gasteiger partial charge in [0.05, 0.1) is 0 Å². The second-order valence-electron chi connectivity index (χ2n) is 5.37. The Kier molecular flexibility index (Phi) is 4.19. The summed E-state index contributed by atoms with van der Waals surface area (Å²) in [6.45, 7) is 5.27. The molecule has 0 aliphatic heterocycles. The van der Waals surface area contributed by atoms with Crippen LogP contribution in [0.5, 0.6) is 0 Å². The molecule has 1 aliphatic rings. The van der Waals surface area contributed by atoms with Gasteiger partial charge < -0.3 is 11.1 Å². The minimum Gasteiger partial charge on any atom is -0.326 e. The van der Waals surface area contributed by atoms with E-state index in [1.807, 2.05) is 0 Å².